The van der Waals surface area contributed by atoms with Gasteiger partial charge in [0.1, 0.15) is 11.3 Å². The van der Waals surface area contributed by atoms with Crippen LogP contribution in [-0.2, 0) is 6.18 Å². The highest BCUT2D eigenvalue weighted by atomic mass is 19.4. The van der Waals surface area contributed by atoms with E-state index in [2.05, 4.69) is 16.9 Å². The zero-order chi connectivity index (χ0) is 20.6. The van der Waals surface area contributed by atoms with Gasteiger partial charge in [0, 0.05) is 25.0 Å². The lowest BCUT2D eigenvalue weighted by molar-refractivity contribution is -0.137. The first-order chi connectivity index (χ1) is 13.4. The van der Waals surface area contributed by atoms with E-state index in [4.69, 9.17) is 9.47 Å². The molecule has 0 atom stereocenters. The Bertz CT molecular complexity index is 754. The van der Waals surface area contributed by atoms with Crippen LogP contribution < -0.4 is 14.4 Å². The number of halogens is 3. The molecule has 0 radical (unpaired) electrons. The van der Waals surface area contributed by atoms with Crippen molar-refractivity contribution in [3.05, 3.63) is 36.0 Å². The zero-order valence-electron chi connectivity index (χ0n) is 16.4. The van der Waals surface area contributed by atoms with Gasteiger partial charge in [-0.1, -0.05) is 32.8 Å². The van der Waals surface area contributed by atoms with Crippen molar-refractivity contribution in [1.82, 2.24) is 9.97 Å². The third-order valence-corrected chi connectivity index (χ3v) is 4.03. The monoisotopic (exact) mass is 397 g/mol. The Kier molecular flexibility index (Phi) is 7.90. The molecule has 0 aliphatic carbocycles. The molecule has 8 heteroatoms. The Morgan fingerprint density at radius 2 is 1.82 bits per heavy atom. The van der Waals surface area contributed by atoms with Crippen LogP contribution in [-0.4, -0.2) is 30.2 Å². The van der Waals surface area contributed by atoms with Crippen LogP contribution >= 0.6 is 0 Å². The van der Waals surface area contributed by atoms with Crippen molar-refractivity contribution in [3.8, 4) is 11.8 Å². The number of benzene rings is 1. The molecule has 0 N–H and O–H groups in total. The van der Waals surface area contributed by atoms with Crippen molar-refractivity contribution in [3.63, 3.8) is 0 Å². The van der Waals surface area contributed by atoms with Crippen molar-refractivity contribution >= 4 is 11.5 Å². The summed E-state index contributed by atoms with van der Waals surface area (Å²) in [4.78, 5) is 9.13. The number of hydrogen-bond acceptors (Lipinski definition) is 5. The van der Waals surface area contributed by atoms with Crippen molar-refractivity contribution in [2.75, 3.05) is 25.2 Å². The van der Waals surface area contributed by atoms with E-state index < -0.39 is 11.7 Å². The normalized spacial score (nSPS) is 11.4. The average molecular weight is 397 g/mol. The summed E-state index contributed by atoms with van der Waals surface area (Å²) >= 11 is 0. The maximum absolute atomic E-state index is 13.5. The maximum Gasteiger partial charge on any atom is 0.421 e. The van der Waals surface area contributed by atoms with Gasteiger partial charge >= 0.3 is 12.2 Å². The lowest BCUT2D eigenvalue weighted by Gasteiger charge is -2.23. The van der Waals surface area contributed by atoms with E-state index in [1.165, 1.54) is 11.9 Å². The molecule has 28 heavy (non-hydrogen) atoms. The predicted octanol–water partition coefficient (Wildman–Crippen LogP) is 5.62. The summed E-state index contributed by atoms with van der Waals surface area (Å²) in [6.07, 6.45) is -0.197. The summed E-state index contributed by atoms with van der Waals surface area (Å²) in [6.45, 7) is 4.93. The van der Waals surface area contributed by atoms with Crippen molar-refractivity contribution in [1.29, 1.82) is 0 Å². The number of nitrogens with zero attached hydrogens (tertiary/aromatic N) is 3. The van der Waals surface area contributed by atoms with E-state index in [1.807, 2.05) is 6.92 Å². The third kappa shape index (κ3) is 6.00. The van der Waals surface area contributed by atoms with Crippen LogP contribution in [0.2, 0.25) is 0 Å². The number of hydrogen-bond donors (Lipinski definition) is 0. The van der Waals surface area contributed by atoms with Crippen molar-refractivity contribution < 1.29 is 22.6 Å². The number of aromatic nitrogens is 2. The highest BCUT2D eigenvalue weighted by Crippen LogP contribution is 2.38. The van der Waals surface area contributed by atoms with Crippen LogP contribution in [0, 0.1) is 0 Å². The highest BCUT2D eigenvalue weighted by molar-refractivity contribution is 5.64. The van der Waals surface area contributed by atoms with Gasteiger partial charge in [-0.25, -0.2) is 4.98 Å². The van der Waals surface area contributed by atoms with Gasteiger partial charge in [0.25, 0.3) is 0 Å². The van der Waals surface area contributed by atoms with Gasteiger partial charge in [-0.05, 0) is 25.0 Å². The number of rotatable bonds is 10. The first-order valence-electron chi connectivity index (χ1n) is 9.40. The van der Waals surface area contributed by atoms with Gasteiger partial charge in [-0.15, -0.1) is 0 Å². The van der Waals surface area contributed by atoms with E-state index in [0.29, 0.717) is 24.7 Å². The summed E-state index contributed by atoms with van der Waals surface area (Å²) in [5, 5.41) is 0. The smallest absolute Gasteiger partial charge is 0.421 e. The summed E-state index contributed by atoms with van der Waals surface area (Å²) < 4.78 is 51.5. The first kappa shape index (κ1) is 21.8. The fourth-order valence-electron chi connectivity index (χ4n) is 2.52. The van der Waals surface area contributed by atoms with Gasteiger partial charge in [-0.2, -0.15) is 18.2 Å². The molecular formula is C20H26F3N3O2. The summed E-state index contributed by atoms with van der Waals surface area (Å²) in [7, 11) is 1.53. The molecule has 0 unspecified atom stereocenters. The number of alkyl halides is 3. The SMILES string of the molecule is CCCCCOc1ncc(C(F)(F)F)c(N(C)c2cccc(OCCC)c2)n1. The van der Waals surface area contributed by atoms with Gasteiger partial charge in [-0.3, -0.25) is 0 Å². The van der Waals surface area contributed by atoms with Crippen molar-refractivity contribution in [2.24, 2.45) is 0 Å². The lowest BCUT2D eigenvalue weighted by atomic mass is 10.2. The molecule has 2 rings (SSSR count). The predicted molar refractivity (Wildman–Crippen MR) is 102 cm³/mol. The van der Waals surface area contributed by atoms with Crippen LogP contribution in [0.15, 0.2) is 30.5 Å². The van der Waals surface area contributed by atoms with Gasteiger partial charge in [0.05, 0.1) is 13.2 Å². The molecule has 0 aliphatic rings. The van der Waals surface area contributed by atoms with E-state index in [9.17, 15) is 13.2 Å². The Hall–Kier alpha value is -2.51. The summed E-state index contributed by atoms with van der Waals surface area (Å²) in [6, 6.07) is 6.81. The van der Waals surface area contributed by atoms with E-state index in [1.54, 1.807) is 24.3 Å². The van der Waals surface area contributed by atoms with E-state index in [-0.39, 0.29) is 11.8 Å². The minimum atomic E-state index is -4.58. The fourth-order valence-corrected chi connectivity index (χ4v) is 2.52. The lowest BCUT2D eigenvalue weighted by Crippen LogP contribution is -2.19. The molecule has 1 heterocycles. The minimum Gasteiger partial charge on any atom is -0.494 e. The van der Waals surface area contributed by atoms with Gasteiger partial charge in [0.15, 0.2) is 5.82 Å². The van der Waals surface area contributed by atoms with E-state index in [0.717, 1.165) is 31.9 Å². The largest absolute Gasteiger partial charge is 0.494 e. The Balaban J connectivity index is 2.31. The third-order valence-electron chi connectivity index (χ3n) is 4.03. The number of ether oxygens (including phenoxy) is 2. The minimum absolute atomic E-state index is 0.0654. The zero-order valence-corrected chi connectivity index (χ0v) is 16.4. The second-order valence-corrected chi connectivity index (χ2v) is 6.35. The second kappa shape index (κ2) is 10.1. The average Bonchev–Trinajstić information content (AvgIpc) is 2.68. The molecule has 0 amide bonds. The fraction of sp³-hybridized carbons (Fsp3) is 0.500. The maximum atomic E-state index is 13.5. The molecule has 0 bridgehead atoms. The summed E-state index contributed by atoms with van der Waals surface area (Å²) in [5.74, 6) is 0.325. The standard InChI is InChI=1S/C20H26F3N3O2/c1-4-6-7-12-28-19-24-14-17(20(21,22)23)18(25-19)26(3)15-9-8-10-16(13-15)27-11-5-2/h8-10,13-14H,4-7,11-12H2,1-3H3. The molecule has 0 saturated carbocycles. The second-order valence-electron chi connectivity index (χ2n) is 6.35. The molecule has 5 nitrogen and oxygen atoms in total. The van der Waals surface area contributed by atoms with Crippen LogP contribution in [0.1, 0.15) is 45.1 Å². The van der Waals surface area contributed by atoms with Crippen LogP contribution in [0.4, 0.5) is 24.7 Å². The molecule has 0 spiro atoms. The van der Waals surface area contributed by atoms with Crippen LogP contribution in [0.3, 0.4) is 0 Å². The van der Waals surface area contributed by atoms with Gasteiger partial charge in [0.2, 0.25) is 0 Å². The van der Waals surface area contributed by atoms with Crippen molar-refractivity contribution in [2.45, 2.75) is 45.7 Å². The van der Waals surface area contributed by atoms with Crippen LogP contribution in [0.5, 0.6) is 11.8 Å². The molecular weight excluding hydrogens is 371 g/mol. The molecule has 0 fully saturated rings. The highest BCUT2D eigenvalue weighted by Gasteiger charge is 2.36. The molecule has 0 saturated heterocycles. The summed E-state index contributed by atoms with van der Waals surface area (Å²) in [5.41, 5.74) is -0.398. The Labute approximate surface area is 163 Å². The first-order valence-corrected chi connectivity index (χ1v) is 9.40. The molecule has 0 aliphatic heterocycles. The quantitative estimate of drug-likeness (QED) is 0.487. The molecule has 1 aromatic carbocycles. The van der Waals surface area contributed by atoms with Crippen LogP contribution in [0.25, 0.3) is 0 Å². The molecule has 1 aromatic heterocycles. The molecule has 154 valence electrons. The number of anilines is 2. The Morgan fingerprint density at radius 1 is 1.04 bits per heavy atom. The topological polar surface area (TPSA) is 47.5 Å². The number of unbranched alkanes of at least 4 members (excludes halogenated alkanes) is 2. The van der Waals surface area contributed by atoms with E-state index >= 15 is 0 Å². The molecule has 2 aromatic rings. The Morgan fingerprint density at radius 3 is 2.50 bits per heavy atom. The van der Waals surface area contributed by atoms with Gasteiger partial charge < -0.3 is 14.4 Å².